The predicted molar refractivity (Wildman–Crippen MR) is 577 cm³/mol. The first-order valence-electron chi connectivity index (χ1n) is 40.4. The summed E-state index contributed by atoms with van der Waals surface area (Å²) in [5.74, 6) is -0.411. The summed E-state index contributed by atoms with van der Waals surface area (Å²) >= 11 is 0. The number of benzene rings is 8. The van der Waals surface area contributed by atoms with Crippen molar-refractivity contribution in [2.45, 2.75) is 155 Å². The van der Waals surface area contributed by atoms with Gasteiger partial charge in [0.15, 0.2) is 17.3 Å². The predicted octanol–water partition coefficient (Wildman–Crippen LogP) is 18.9. The molecule has 31 heteroatoms. The number of rotatable bonds is 14. The molecule has 8 aromatic carbocycles. The zero-order valence-corrected chi connectivity index (χ0v) is 92.8. The van der Waals surface area contributed by atoms with Crippen molar-refractivity contribution in [3.05, 3.63) is 290 Å². The number of hydrogen-bond acceptors (Lipinski definition) is 12. The Morgan fingerprint density at radius 2 is 0.556 bits per heavy atom. The van der Waals surface area contributed by atoms with Gasteiger partial charge in [-0.1, -0.05) is 385 Å². The van der Waals surface area contributed by atoms with Crippen LogP contribution in [0.4, 0.5) is 0 Å². The van der Waals surface area contributed by atoms with Crippen molar-refractivity contribution in [1.82, 2.24) is 29.8 Å². The normalized spacial score (nSPS) is 11.3. The number of nitrogens with zero attached hydrogens (tertiary/aromatic N) is 5. The molecule has 0 bridgehead atoms. The number of carbonyl (C=O) groups is 4. The van der Waals surface area contributed by atoms with Crippen molar-refractivity contribution in [2.75, 3.05) is 105 Å². The molecule has 0 saturated carbocycles. The van der Waals surface area contributed by atoms with Gasteiger partial charge in [0.25, 0.3) is 0 Å². The van der Waals surface area contributed by atoms with Gasteiger partial charge in [0, 0.05) is 193 Å². The third-order valence-corrected chi connectivity index (χ3v) is 15.0. The average Bonchev–Trinajstić information content (AvgIpc) is 0.814. The molecule has 4 aliphatic rings. The van der Waals surface area contributed by atoms with E-state index < -0.39 is 6.39 Å². The number of ketones is 3. The van der Waals surface area contributed by atoms with E-state index in [0.717, 1.165) is 100 Å². The quantitative estimate of drug-likeness (QED) is 0.0458. The van der Waals surface area contributed by atoms with Crippen molar-refractivity contribution in [3.63, 3.8) is 0 Å². The Hall–Kier alpha value is -2.29. The van der Waals surface area contributed by atoms with E-state index in [2.05, 4.69) is 220 Å². The summed E-state index contributed by atoms with van der Waals surface area (Å²) in [5, 5.41) is 26.6. The van der Waals surface area contributed by atoms with E-state index in [4.69, 9.17) is 15.3 Å². The molecule has 0 aliphatic carbocycles. The number of aliphatic hydroxyl groups is 3. The molecule has 4 aliphatic heterocycles. The monoisotopic (exact) mass is 2040 g/mol. The fourth-order valence-electron chi connectivity index (χ4n) is 8.56. The SMILES string of the molecule is C.C.CC.CC.CC(=O)CO.CC(=O)CO.CC(=O)CO.CC(=O)N1CC(N2CCN([C-]=O)CC2)C1.CCCP.CCCc1ccccc1.CCCc1ccccc1.CCCc1ccccc1.O=[C-]N1CCN(C2CNC2)CC1.P.PP.PPP.PPP.[B]B([B])[B].[Y].[Y].c1ccccc1.c1ccccc1.c1ccccc1.c1ccccc1.c1ccccc1. The number of aliphatic hydroxyl groups excluding tert-OH is 3. The number of nitrogens with one attached hydrogen (secondary N) is 1. The van der Waals surface area contributed by atoms with Crippen LogP contribution in [0.3, 0.4) is 0 Å². The summed E-state index contributed by atoms with van der Waals surface area (Å²) in [6.07, 6.45) is 13.1. The molecule has 4 N–H and O–H groups in total. The number of likely N-dealkylation sites (tertiary alicyclic amines) is 1. The van der Waals surface area contributed by atoms with E-state index in [1.165, 1.54) is 88.6 Å². The van der Waals surface area contributed by atoms with Crippen LogP contribution in [0.25, 0.3) is 0 Å². The standard InChI is InChI=1S/C10H16N3O2.3C9H12.C8H14N3O.5C6H6.3C3H6O2.C3H9P.2C2H6.2CH4.B4.2H5P3.H4P2.H3P.2Y/c1-9(15)13-6-10(7-13)12-4-2-11(8-14)3-5-12;3*1-2-6-9-7-4-3-5-8-9;12-7-10-1-3-11(4-2-10)8-5-9-6-8;5*1-2-4-6-5-3-1;3*1-3(5)2-4;1-2-3-4;2*1-2;;;1-4(2)3;2*1-3-2;1-2;;;/h10H,2-7H2,1H3;3*3-5,7-8H,2,6H2,1H3;8-9H,1-6H2;5*1-6H;3*4H,2H2,1H3;2-4H2,1H3;2*1-2H3;2*1H4;;2*3H,1-2H2;1-2H2;1H3;;/q-1;;;;-1;;;;;;;;;;;;;;;;;;;;. The summed E-state index contributed by atoms with van der Waals surface area (Å²) in [6, 6.07) is 92.9. The van der Waals surface area contributed by atoms with Gasteiger partial charge in [0.1, 0.15) is 19.8 Å². The van der Waals surface area contributed by atoms with Gasteiger partial charge in [-0.3, -0.25) is 29.0 Å². The Kier molecular flexibility index (Phi) is 156. The Balaban J connectivity index is -0.0000000969. The number of amides is 3. The molecule has 686 valence electrons. The summed E-state index contributed by atoms with van der Waals surface area (Å²) in [4.78, 5) is 70.4. The molecule has 3 amide bonds. The van der Waals surface area contributed by atoms with Crippen LogP contribution in [0.1, 0.15) is 140 Å². The summed E-state index contributed by atoms with van der Waals surface area (Å²) < 4.78 is 0. The van der Waals surface area contributed by atoms with Gasteiger partial charge in [-0.2, -0.15) is 22.7 Å². The molecule has 4 heterocycles. The fourth-order valence-corrected chi connectivity index (χ4v) is 8.56. The first-order valence-corrected chi connectivity index (χ1v) is 53.2. The van der Waals surface area contributed by atoms with Crippen molar-refractivity contribution in [2.24, 2.45) is 0 Å². The second-order valence-electron chi connectivity index (χ2n) is 24.4. The molecule has 8 aromatic rings. The number of hydrogen-bond donors (Lipinski definition) is 4. The molecule has 15 nitrogen and oxygen atoms in total. The number of Topliss-reactive ketones (excluding diaryl/α,β-unsaturated/α-hetero) is 3. The largest absolute Gasteiger partial charge is 0.520 e. The van der Waals surface area contributed by atoms with Crippen LogP contribution >= 0.6 is 88.6 Å². The van der Waals surface area contributed by atoms with Gasteiger partial charge < -0.3 is 44.9 Å². The van der Waals surface area contributed by atoms with Gasteiger partial charge in [-0.15, -0.1) is 62.8 Å². The van der Waals surface area contributed by atoms with Gasteiger partial charge in [-0.25, -0.2) is 0 Å². The molecular weight excluding hydrogens is 1880 g/mol. The molecule has 4 fully saturated rings. The van der Waals surface area contributed by atoms with Gasteiger partial charge in [0.2, 0.25) is 5.91 Å². The maximum absolute atomic E-state index is 11.0. The number of carbonyl (C=O) groups excluding carboxylic acids is 6. The minimum Gasteiger partial charge on any atom is -0.520 e. The molecule has 12 rings (SSSR count). The van der Waals surface area contributed by atoms with Crippen LogP contribution < -0.4 is 5.32 Å². The van der Waals surface area contributed by atoms with Crippen LogP contribution in [0, 0.1) is 0 Å². The molecule has 8 unspecified atom stereocenters. The van der Waals surface area contributed by atoms with Crippen LogP contribution in [-0.4, -0.2) is 222 Å². The van der Waals surface area contributed by atoms with Gasteiger partial charge in [0.05, 0.1) is 0 Å². The minimum atomic E-state index is -0.667. The van der Waals surface area contributed by atoms with E-state index in [1.807, 2.05) is 227 Å². The van der Waals surface area contributed by atoms with Crippen LogP contribution in [0.15, 0.2) is 273 Å². The maximum Gasteiger partial charge on any atom is 0.219 e. The molecule has 4 saturated heterocycles. The fraction of sp³-hybridized carbons (Fsp3) is 0.419. The van der Waals surface area contributed by atoms with E-state index >= 15 is 0 Å². The zero-order valence-electron chi connectivity index (χ0n) is 75.6. The molecule has 8 atom stereocenters. The Bertz CT molecular complexity index is 2780. The van der Waals surface area contributed by atoms with E-state index in [0.29, 0.717) is 6.04 Å². The smallest absolute Gasteiger partial charge is 0.219 e. The molecule has 0 spiro atoms. The first kappa shape index (κ1) is 150. The Labute approximate surface area is 834 Å². The van der Waals surface area contributed by atoms with Crippen molar-refractivity contribution in [3.8, 4) is 0 Å². The first-order chi connectivity index (χ1) is 57.7. The van der Waals surface area contributed by atoms with Crippen molar-refractivity contribution in [1.29, 1.82) is 0 Å². The summed E-state index contributed by atoms with van der Waals surface area (Å²) in [6.45, 7) is 32.4. The molecular formula is C93H160B4N6O9P10Y2-2. The van der Waals surface area contributed by atoms with Crippen LogP contribution in [0.2, 0.25) is 0 Å². The van der Waals surface area contributed by atoms with Crippen molar-refractivity contribution < 1.29 is 110 Å². The van der Waals surface area contributed by atoms with Crippen molar-refractivity contribution >= 4 is 154 Å². The van der Waals surface area contributed by atoms with E-state index in [9.17, 15) is 28.8 Å². The average molecular weight is 2040 g/mol. The Morgan fingerprint density at radius 1 is 0.395 bits per heavy atom. The van der Waals surface area contributed by atoms with Crippen LogP contribution in [0.5, 0.6) is 0 Å². The van der Waals surface area contributed by atoms with Crippen LogP contribution in [-0.2, 0) is 113 Å². The summed E-state index contributed by atoms with van der Waals surface area (Å²) in [5.41, 5.74) is 4.33. The molecule has 124 heavy (non-hydrogen) atoms. The molecule has 8 radical (unpaired) electrons. The zero-order chi connectivity index (χ0) is 91.3. The van der Waals surface area contributed by atoms with Gasteiger partial charge in [-0.05, 0) is 62.9 Å². The third kappa shape index (κ3) is 122. The molecule has 0 aromatic heterocycles. The number of piperazine rings is 2. The minimum absolute atomic E-state index is 0. The Morgan fingerprint density at radius 3 is 0.677 bits per heavy atom. The van der Waals surface area contributed by atoms with Gasteiger partial charge >= 0.3 is 0 Å². The second kappa shape index (κ2) is 129. The third-order valence-electron chi connectivity index (χ3n) is 14.4. The van der Waals surface area contributed by atoms with E-state index in [1.54, 1.807) is 16.7 Å². The van der Waals surface area contributed by atoms with E-state index in [-0.39, 0.29) is 133 Å². The topological polar surface area (TPSA) is 191 Å². The summed E-state index contributed by atoms with van der Waals surface area (Å²) in [7, 11) is 33.4. The maximum atomic E-state index is 11.0. The second-order valence-corrected chi connectivity index (χ2v) is 33.6. The number of aryl methyl sites for hydroxylation is 3.